The molecule has 3 nitrogen and oxygen atoms in total. The number of carbonyl (C=O) groups is 1. The Balaban J connectivity index is 2.70. The number of benzene rings is 1. The summed E-state index contributed by atoms with van der Waals surface area (Å²) in [6.45, 7) is 3.46. The second-order valence-electron chi connectivity index (χ2n) is 4.04. The standard InChI is InChI=1S/C12H16F2N2OS/c1-7(8(2)15)11(17)16-9-4-3-5-10(6-9)18-12(13)14/h3-8,12H,15H2,1-2H3,(H,16,17). The summed E-state index contributed by atoms with van der Waals surface area (Å²) in [7, 11) is 0. The van der Waals surface area contributed by atoms with E-state index in [2.05, 4.69) is 5.32 Å². The van der Waals surface area contributed by atoms with Gasteiger partial charge in [0.15, 0.2) is 0 Å². The van der Waals surface area contributed by atoms with E-state index in [1.807, 2.05) is 0 Å². The Bertz CT molecular complexity index is 413. The van der Waals surface area contributed by atoms with Gasteiger partial charge >= 0.3 is 0 Å². The lowest BCUT2D eigenvalue weighted by Gasteiger charge is -2.15. The maximum atomic E-state index is 12.2. The van der Waals surface area contributed by atoms with Gasteiger partial charge in [0.2, 0.25) is 5.91 Å². The van der Waals surface area contributed by atoms with Gasteiger partial charge in [0.25, 0.3) is 5.76 Å². The molecule has 0 heterocycles. The van der Waals surface area contributed by atoms with Crippen molar-refractivity contribution < 1.29 is 13.6 Å². The summed E-state index contributed by atoms with van der Waals surface area (Å²) in [6, 6.07) is 6.10. The number of nitrogens with two attached hydrogens (primary N) is 1. The van der Waals surface area contributed by atoms with Gasteiger partial charge in [0.05, 0.1) is 5.92 Å². The van der Waals surface area contributed by atoms with Gasteiger partial charge in [-0.25, -0.2) is 0 Å². The lowest BCUT2D eigenvalue weighted by Crippen LogP contribution is -2.34. The second kappa shape index (κ2) is 6.70. The maximum absolute atomic E-state index is 12.2. The molecule has 0 fully saturated rings. The second-order valence-corrected chi connectivity index (χ2v) is 5.11. The summed E-state index contributed by atoms with van der Waals surface area (Å²) < 4.78 is 24.4. The van der Waals surface area contributed by atoms with Gasteiger partial charge in [0, 0.05) is 16.6 Å². The molecule has 0 spiro atoms. The third kappa shape index (κ3) is 4.62. The number of rotatable bonds is 5. The predicted octanol–water partition coefficient (Wildman–Crippen LogP) is 2.92. The highest BCUT2D eigenvalue weighted by atomic mass is 32.2. The molecule has 6 heteroatoms. The van der Waals surface area contributed by atoms with Crippen LogP contribution in [0.1, 0.15) is 13.8 Å². The summed E-state index contributed by atoms with van der Waals surface area (Å²) in [4.78, 5) is 12.2. The number of nitrogens with one attached hydrogen (secondary N) is 1. The van der Waals surface area contributed by atoms with Crippen LogP contribution in [-0.4, -0.2) is 17.7 Å². The molecule has 18 heavy (non-hydrogen) atoms. The van der Waals surface area contributed by atoms with E-state index in [0.29, 0.717) is 22.3 Å². The number of amides is 1. The van der Waals surface area contributed by atoms with Gasteiger partial charge < -0.3 is 11.1 Å². The fourth-order valence-electron chi connectivity index (χ4n) is 1.24. The van der Waals surface area contributed by atoms with Crippen LogP contribution in [0.2, 0.25) is 0 Å². The van der Waals surface area contributed by atoms with E-state index in [0.717, 1.165) is 0 Å². The highest BCUT2D eigenvalue weighted by Gasteiger charge is 2.17. The third-order valence-corrected chi connectivity index (χ3v) is 3.23. The Hall–Kier alpha value is -1.14. The number of hydrogen-bond acceptors (Lipinski definition) is 3. The Morgan fingerprint density at radius 1 is 1.39 bits per heavy atom. The number of carbonyl (C=O) groups excluding carboxylic acids is 1. The summed E-state index contributed by atoms with van der Waals surface area (Å²) in [6.07, 6.45) is 0. The van der Waals surface area contributed by atoms with Crippen molar-refractivity contribution in [2.45, 2.75) is 30.5 Å². The van der Waals surface area contributed by atoms with Gasteiger partial charge in [0.1, 0.15) is 0 Å². The normalized spacial score (nSPS) is 14.3. The first-order valence-corrected chi connectivity index (χ1v) is 6.39. The molecule has 0 radical (unpaired) electrons. The van der Waals surface area contributed by atoms with E-state index in [1.165, 1.54) is 6.07 Å². The fourth-order valence-corrected chi connectivity index (χ4v) is 1.80. The number of anilines is 1. The van der Waals surface area contributed by atoms with Crippen LogP contribution in [0.5, 0.6) is 0 Å². The molecule has 100 valence electrons. The van der Waals surface area contributed by atoms with Crippen molar-refractivity contribution in [3.05, 3.63) is 24.3 Å². The molecule has 1 aromatic carbocycles. The van der Waals surface area contributed by atoms with Crippen LogP contribution in [0.15, 0.2) is 29.2 Å². The molecule has 0 saturated heterocycles. The van der Waals surface area contributed by atoms with Crippen LogP contribution in [0.25, 0.3) is 0 Å². The minimum absolute atomic E-state index is 0.218. The lowest BCUT2D eigenvalue weighted by molar-refractivity contribution is -0.119. The van der Waals surface area contributed by atoms with E-state index in [1.54, 1.807) is 32.0 Å². The van der Waals surface area contributed by atoms with Gasteiger partial charge in [-0.3, -0.25) is 4.79 Å². The molecule has 0 saturated carbocycles. The molecule has 2 atom stereocenters. The van der Waals surface area contributed by atoms with E-state index >= 15 is 0 Å². The first kappa shape index (κ1) is 14.9. The third-order valence-electron chi connectivity index (χ3n) is 2.53. The molecule has 2 unspecified atom stereocenters. The van der Waals surface area contributed by atoms with Crippen molar-refractivity contribution in [3.63, 3.8) is 0 Å². The Morgan fingerprint density at radius 3 is 2.61 bits per heavy atom. The fraction of sp³-hybridized carbons (Fsp3) is 0.417. The molecular weight excluding hydrogens is 258 g/mol. The van der Waals surface area contributed by atoms with Crippen molar-refractivity contribution >= 4 is 23.4 Å². The topological polar surface area (TPSA) is 55.1 Å². The van der Waals surface area contributed by atoms with Gasteiger partial charge in [-0.2, -0.15) is 8.78 Å². The molecular formula is C12H16F2N2OS. The monoisotopic (exact) mass is 274 g/mol. The SMILES string of the molecule is CC(N)C(C)C(=O)Nc1cccc(SC(F)F)c1. The largest absolute Gasteiger partial charge is 0.327 e. The smallest absolute Gasteiger partial charge is 0.288 e. The Kier molecular flexibility index (Phi) is 5.55. The van der Waals surface area contributed by atoms with Crippen LogP contribution in [-0.2, 0) is 4.79 Å². The average molecular weight is 274 g/mol. The molecule has 0 bridgehead atoms. The summed E-state index contributed by atoms with van der Waals surface area (Å²) >= 11 is 0.445. The Morgan fingerprint density at radius 2 is 2.06 bits per heavy atom. The van der Waals surface area contributed by atoms with Crippen LogP contribution < -0.4 is 11.1 Å². The van der Waals surface area contributed by atoms with Crippen LogP contribution >= 0.6 is 11.8 Å². The molecule has 1 amide bonds. The summed E-state index contributed by atoms with van der Waals surface area (Å²) in [5, 5.41) is 2.66. The number of alkyl halides is 2. The zero-order valence-corrected chi connectivity index (χ0v) is 11.0. The quantitative estimate of drug-likeness (QED) is 0.812. The van der Waals surface area contributed by atoms with Crippen LogP contribution in [0.4, 0.5) is 14.5 Å². The predicted molar refractivity (Wildman–Crippen MR) is 69.7 cm³/mol. The zero-order chi connectivity index (χ0) is 13.7. The minimum atomic E-state index is -2.47. The molecule has 0 aliphatic carbocycles. The highest BCUT2D eigenvalue weighted by Crippen LogP contribution is 2.27. The van der Waals surface area contributed by atoms with E-state index < -0.39 is 5.76 Å². The molecule has 0 aliphatic rings. The van der Waals surface area contributed by atoms with E-state index in [4.69, 9.17) is 5.73 Å². The van der Waals surface area contributed by atoms with Gasteiger partial charge in [-0.05, 0) is 25.1 Å². The summed E-state index contributed by atoms with van der Waals surface area (Å²) in [5.74, 6) is -3.03. The average Bonchev–Trinajstić information content (AvgIpc) is 2.27. The highest BCUT2D eigenvalue weighted by molar-refractivity contribution is 7.99. The van der Waals surface area contributed by atoms with Crippen molar-refractivity contribution in [2.75, 3.05) is 5.32 Å². The first-order chi connectivity index (χ1) is 8.40. The van der Waals surface area contributed by atoms with Crippen LogP contribution in [0, 0.1) is 5.92 Å². The van der Waals surface area contributed by atoms with E-state index in [-0.39, 0.29) is 17.9 Å². The van der Waals surface area contributed by atoms with Crippen molar-refractivity contribution in [1.29, 1.82) is 0 Å². The minimum Gasteiger partial charge on any atom is -0.327 e. The Labute approximate surface area is 109 Å². The van der Waals surface area contributed by atoms with Gasteiger partial charge in [-0.15, -0.1) is 0 Å². The molecule has 0 aliphatic heterocycles. The molecule has 3 N–H and O–H groups in total. The number of hydrogen-bond donors (Lipinski definition) is 2. The van der Waals surface area contributed by atoms with Crippen molar-refractivity contribution in [2.24, 2.45) is 11.7 Å². The van der Waals surface area contributed by atoms with Crippen molar-refractivity contribution in [3.8, 4) is 0 Å². The maximum Gasteiger partial charge on any atom is 0.288 e. The first-order valence-electron chi connectivity index (χ1n) is 5.51. The van der Waals surface area contributed by atoms with E-state index in [9.17, 15) is 13.6 Å². The van der Waals surface area contributed by atoms with Crippen molar-refractivity contribution in [1.82, 2.24) is 0 Å². The lowest BCUT2D eigenvalue weighted by atomic mass is 10.0. The van der Waals surface area contributed by atoms with Gasteiger partial charge in [-0.1, -0.05) is 24.8 Å². The zero-order valence-electron chi connectivity index (χ0n) is 10.2. The number of thioether (sulfide) groups is 1. The number of halogens is 2. The molecule has 1 aromatic rings. The molecule has 0 aromatic heterocycles. The summed E-state index contributed by atoms with van der Waals surface area (Å²) in [5.41, 5.74) is 6.12. The van der Waals surface area contributed by atoms with Crippen LogP contribution in [0.3, 0.4) is 0 Å². The molecule has 1 rings (SSSR count).